The fraction of sp³-hybridized carbons (Fsp3) is 0.467. The first kappa shape index (κ1) is 20.7. The molecule has 1 aromatic rings. The summed E-state index contributed by atoms with van der Waals surface area (Å²) in [7, 11) is 0. The van der Waals surface area contributed by atoms with Crippen molar-refractivity contribution in [2.24, 2.45) is 0 Å². The molecule has 0 saturated carbocycles. The Kier molecular flexibility index (Phi) is 10.3. The molecule has 6 heteroatoms. The number of nitrogens with one attached hydrogen (secondary N) is 1. The SMILES string of the molecule is C=CCC[C@@H](c1cc(Br)ccc1O)N1CCNCC1.Cl.Cl. The largest absolute Gasteiger partial charge is 0.508 e. The molecule has 1 saturated heterocycles. The van der Waals surface area contributed by atoms with E-state index in [1.807, 2.05) is 18.2 Å². The Morgan fingerprint density at radius 3 is 2.62 bits per heavy atom. The Morgan fingerprint density at radius 2 is 2.00 bits per heavy atom. The number of allylic oxidation sites excluding steroid dienone is 1. The molecule has 2 rings (SSSR count). The monoisotopic (exact) mass is 396 g/mol. The first-order valence-electron chi connectivity index (χ1n) is 6.76. The van der Waals surface area contributed by atoms with Crippen LogP contribution in [0.1, 0.15) is 24.4 Å². The third-order valence-corrected chi connectivity index (χ3v) is 4.08. The summed E-state index contributed by atoms with van der Waals surface area (Å²) in [6.07, 6.45) is 3.90. The second-order valence-electron chi connectivity index (χ2n) is 4.87. The van der Waals surface area contributed by atoms with Crippen LogP contribution in [0.15, 0.2) is 35.3 Å². The minimum absolute atomic E-state index is 0. The van der Waals surface area contributed by atoms with Gasteiger partial charge >= 0.3 is 0 Å². The lowest BCUT2D eigenvalue weighted by molar-refractivity contribution is 0.163. The van der Waals surface area contributed by atoms with Crippen molar-refractivity contribution in [3.63, 3.8) is 0 Å². The Labute approximate surface area is 147 Å². The van der Waals surface area contributed by atoms with Crippen molar-refractivity contribution in [1.82, 2.24) is 10.2 Å². The van der Waals surface area contributed by atoms with E-state index in [0.717, 1.165) is 49.1 Å². The lowest BCUT2D eigenvalue weighted by atomic mass is 9.98. The molecule has 1 heterocycles. The molecule has 0 spiro atoms. The molecule has 0 amide bonds. The zero-order chi connectivity index (χ0) is 13.7. The summed E-state index contributed by atoms with van der Waals surface area (Å²) in [5.41, 5.74) is 1.01. The average Bonchev–Trinajstić information content (AvgIpc) is 2.44. The number of aromatic hydroxyl groups is 1. The highest BCUT2D eigenvalue weighted by Crippen LogP contribution is 2.34. The van der Waals surface area contributed by atoms with Crippen LogP contribution in [0.4, 0.5) is 0 Å². The lowest BCUT2D eigenvalue weighted by Crippen LogP contribution is -2.45. The number of rotatable bonds is 5. The highest BCUT2D eigenvalue weighted by Gasteiger charge is 2.23. The van der Waals surface area contributed by atoms with Crippen molar-refractivity contribution in [3.8, 4) is 5.75 Å². The summed E-state index contributed by atoms with van der Waals surface area (Å²) in [5, 5.41) is 13.5. The van der Waals surface area contributed by atoms with Gasteiger partial charge in [-0.3, -0.25) is 4.90 Å². The van der Waals surface area contributed by atoms with E-state index in [4.69, 9.17) is 0 Å². The van der Waals surface area contributed by atoms with Gasteiger partial charge in [0.25, 0.3) is 0 Å². The Balaban J connectivity index is 0.00000200. The van der Waals surface area contributed by atoms with Crippen LogP contribution in [-0.4, -0.2) is 36.2 Å². The molecule has 3 nitrogen and oxygen atoms in total. The summed E-state index contributed by atoms with van der Waals surface area (Å²) in [5.74, 6) is 0.385. The van der Waals surface area contributed by atoms with Gasteiger partial charge in [-0.1, -0.05) is 22.0 Å². The molecule has 0 unspecified atom stereocenters. The highest BCUT2D eigenvalue weighted by atomic mass is 79.9. The van der Waals surface area contributed by atoms with Gasteiger partial charge in [0.15, 0.2) is 0 Å². The van der Waals surface area contributed by atoms with Crippen LogP contribution in [0.25, 0.3) is 0 Å². The number of piperazine rings is 1. The molecule has 0 bridgehead atoms. The van der Waals surface area contributed by atoms with Gasteiger partial charge in [0, 0.05) is 42.3 Å². The van der Waals surface area contributed by atoms with Crippen LogP contribution in [0.3, 0.4) is 0 Å². The van der Waals surface area contributed by atoms with Crippen molar-refractivity contribution < 1.29 is 5.11 Å². The molecule has 2 N–H and O–H groups in total. The lowest BCUT2D eigenvalue weighted by Gasteiger charge is -2.35. The molecule has 1 atom stereocenters. The summed E-state index contributed by atoms with van der Waals surface area (Å²) < 4.78 is 1.01. The van der Waals surface area contributed by atoms with Crippen molar-refractivity contribution in [1.29, 1.82) is 0 Å². The topological polar surface area (TPSA) is 35.5 Å². The van der Waals surface area contributed by atoms with E-state index in [1.165, 1.54) is 0 Å². The van der Waals surface area contributed by atoms with E-state index in [9.17, 15) is 5.11 Å². The maximum absolute atomic E-state index is 10.1. The first-order valence-corrected chi connectivity index (χ1v) is 7.55. The number of phenols is 1. The van der Waals surface area contributed by atoms with E-state index < -0.39 is 0 Å². The Hall–Kier alpha value is -0.260. The molecule has 1 aliphatic heterocycles. The van der Waals surface area contributed by atoms with Crippen LogP contribution in [0.5, 0.6) is 5.75 Å². The zero-order valence-electron chi connectivity index (χ0n) is 11.9. The fourth-order valence-electron chi connectivity index (χ4n) is 2.60. The van der Waals surface area contributed by atoms with E-state index in [2.05, 4.69) is 32.7 Å². The standard InChI is InChI=1S/C15H21BrN2O.2ClH/c1-2-3-4-14(18-9-7-17-8-10-18)13-11-12(16)5-6-15(13)19;;/h2,5-6,11,14,17,19H,1,3-4,7-10H2;2*1H/t14-;;/m0../s1. The Morgan fingerprint density at radius 1 is 1.33 bits per heavy atom. The molecule has 0 aliphatic carbocycles. The molecular formula is C15H23BrCl2N2O. The zero-order valence-corrected chi connectivity index (χ0v) is 15.1. The van der Waals surface area contributed by atoms with Crippen LogP contribution < -0.4 is 5.32 Å². The smallest absolute Gasteiger partial charge is 0.120 e. The summed E-state index contributed by atoms with van der Waals surface area (Å²) in [6, 6.07) is 5.94. The van der Waals surface area contributed by atoms with Crippen molar-refractivity contribution >= 4 is 40.7 Å². The fourth-order valence-corrected chi connectivity index (χ4v) is 2.98. The van der Waals surface area contributed by atoms with Crippen molar-refractivity contribution in [2.75, 3.05) is 26.2 Å². The molecule has 120 valence electrons. The molecular weight excluding hydrogens is 375 g/mol. The quantitative estimate of drug-likeness (QED) is 0.739. The normalized spacial score (nSPS) is 16.4. The van der Waals surface area contributed by atoms with Gasteiger partial charge < -0.3 is 10.4 Å². The number of nitrogens with zero attached hydrogens (tertiary/aromatic N) is 1. The van der Waals surface area contributed by atoms with Crippen molar-refractivity contribution in [3.05, 3.63) is 40.9 Å². The van der Waals surface area contributed by atoms with E-state index in [-0.39, 0.29) is 30.9 Å². The summed E-state index contributed by atoms with van der Waals surface area (Å²) in [6.45, 7) is 7.88. The molecule has 0 radical (unpaired) electrons. The second-order valence-corrected chi connectivity index (χ2v) is 5.79. The highest BCUT2D eigenvalue weighted by molar-refractivity contribution is 9.10. The van der Waals surface area contributed by atoms with Gasteiger partial charge in [0.1, 0.15) is 5.75 Å². The van der Waals surface area contributed by atoms with Gasteiger partial charge in [-0.15, -0.1) is 31.4 Å². The number of hydrogen-bond acceptors (Lipinski definition) is 3. The number of halogens is 3. The minimum Gasteiger partial charge on any atom is -0.508 e. The van der Waals surface area contributed by atoms with Crippen LogP contribution >= 0.6 is 40.7 Å². The maximum Gasteiger partial charge on any atom is 0.120 e. The number of benzene rings is 1. The van der Waals surface area contributed by atoms with Gasteiger partial charge in [-0.05, 0) is 31.0 Å². The van der Waals surface area contributed by atoms with Crippen LogP contribution in [0.2, 0.25) is 0 Å². The van der Waals surface area contributed by atoms with E-state index in [0.29, 0.717) is 5.75 Å². The van der Waals surface area contributed by atoms with E-state index in [1.54, 1.807) is 6.07 Å². The van der Waals surface area contributed by atoms with Gasteiger partial charge in [-0.25, -0.2) is 0 Å². The predicted molar refractivity (Wildman–Crippen MR) is 96.9 cm³/mol. The predicted octanol–water partition coefficient (Wildman–Crippen LogP) is 3.91. The first-order chi connectivity index (χ1) is 9.22. The van der Waals surface area contributed by atoms with Gasteiger partial charge in [0.05, 0.1) is 0 Å². The molecule has 21 heavy (non-hydrogen) atoms. The van der Waals surface area contributed by atoms with Gasteiger partial charge in [0.2, 0.25) is 0 Å². The van der Waals surface area contributed by atoms with E-state index >= 15 is 0 Å². The summed E-state index contributed by atoms with van der Waals surface area (Å²) in [4.78, 5) is 2.45. The Bertz CT molecular complexity index is 440. The van der Waals surface area contributed by atoms with Crippen LogP contribution in [-0.2, 0) is 0 Å². The third-order valence-electron chi connectivity index (χ3n) is 3.59. The molecule has 1 fully saturated rings. The number of phenolic OH excluding ortho intramolecular Hbond substituents is 1. The number of hydrogen-bond donors (Lipinski definition) is 2. The molecule has 1 aliphatic rings. The average molecular weight is 398 g/mol. The molecule has 0 aromatic heterocycles. The van der Waals surface area contributed by atoms with Crippen LogP contribution in [0, 0.1) is 0 Å². The van der Waals surface area contributed by atoms with Gasteiger partial charge in [-0.2, -0.15) is 0 Å². The van der Waals surface area contributed by atoms with Crippen molar-refractivity contribution in [2.45, 2.75) is 18.9 Å². The molecule has 1 aromatic carbocycles. The second kappa shape index (κ2) is 10.5. The maximum atomic E-state index is 10.1. The minimum atomic E-state index is 0. The summed E-state index contributed by atoms with van der Waals surface area (Å²) >= 11 is 3.49. The third kappa shape index (κ3) is 5.80.